The van der Waals surface area contributed by atoms with Crippen molar-refractivity contribution >= 4 is 38.9 Å². The Labute approximate surface area is 261 Å². The summed E-state index contributed by atoms with van der Waals surface area (Å²) in [4.78, 5) is 2.30. The summed E-state index contributed by atoms with van der Waals surface area (Å²) in [6, 6.07) is 60.0. The third-order valence-electron chi connectivity index (χ3n) is 8.75. The predicted molar refractivity (Wildman–Crippen MR) is 186 cm³/mol. The Hall–Kier alpha value is -6.06. The Morgan fingerprint density at radius 1 is 0.400 bits per heavy atom. The van der Waals surface area contributed by atoms with Gasteiger partial charge in [-0.1, -0.05) is 109 Å². The molecule has 3 nitrogen and oxygen atoms in total. The second-order valence-corrected chi connectivity index (χ2v) is 11.4. The second-order valence-electron chi connectivity index (χ2n) is 11.4. The highest BCUT2D eigenvalue weighted by Crippen LogP contribution is 2.49. The summed E-state index contributed by atoms with van der Waals surface area (Å²) < 4.78 is 8.99. The zero-order chi connectivity index (χ0) is 29.7. The van der Waals surface area contributed by atoms with Gasteiger partial charge in [0, 0.05) is 33.4 Å². The molecular formula is C42H28N2O. The number of aromatic nitrogens is 1. The van der Waals surface area contributed by atoms with Crippen molar-refractivity contribution in [2.45, 2.75) is 0 Å². The van der Waals surface area contributed by atoms with E-state index >= 15 is 0 Å². The third-order valence-corrected chi connectivity index (χ3v) is 8.75. The Morgan fingerprint density at radius 3 is 1.73 bits per heavy atom. The van der Waals surface area contributed by atoms with E-state index in [1.54, 1.807) is 0 Å². The van der Waals surface area contributed by atoms with E-state index in [2.05, 4.69) is 173 Å². The normalized spacial score (nSPS) is 11.7. The van der Waals surface area contributed by atoms with Crippen LogP contribution in [-0.2, 0) is 0 Å². The maximum absolute atomic E-state index is 6.59. The van der Waals surface area contributed by atoms with Crippen LogP contribution in [0, 0.1) is 0 Å². The number of para-hydroxylation sites is 5. The van der Waals surface area contributed by atoms with Crippen molar-refractivity contribution in [3.63, 3.8) is 0 Å². The SMILES string of the molecule is c1ccc(-c2cc3c4c(c2)c2cccc(-c5ccc(N(c6ccccc6)c6ccccc6)cc5)c2n4-c2ccccc2O3)cc1. The van der Waals surface area contributed by atoms with Gasteiger partial charge in [0.25, 0.3) is 0 Å². The molecular weight excluding hydrogens is 548 g/mol. The zero-order valence-electron chi connectivity index (χ0n) is 24.5. The van der Waals surface area contributed by atoms with E-state index in [1.165, 1.54) is 33.0 Å². The molecule has 45 heavy (non-hydrogen) atoms. The second kappa shape index (κ2) is 10.3. The molecule has 0 unspecified atom stereocenters. The van der Waals surface area contributed by atoms with Gasteiger partial charge in [-0.3, -0.25) is 0 Å². The Bertz CT molecular complexity index is 2280. The average molecular weight is 577 g/mol. The number of ether oxygens (including phenoxy) is 1. The van der Waals surface area contributed by atoms with E-state index < -0.39 is 0 Å². The topological polar surface area (TPSA) is 17.4 Å². The zero-order valence-corrected chi connectivity index (χ0v) is 24.5. The number of hydrogen-bond acceptors (Lipinski definition) is 2. The van der Waals surface area contributed by atoms with E-state index in [0.717, 1.165) is 45.3 Å². The molecule has 0 atom stereocenters. The van der Waals surface area contributed by atoms with Gasteiger partial charge < -0.3 is 14.2 Å². The smallest absolute Gasteiger partial charge is 0.152 e. The third kappa shape index (κ3) is 4.13. The van der Waals surface area contributed by atoms with Gasteiger partial charge in [0.05, 0.1) is 16.7 Å². The lowest BCUT2D eigenvalue weighted by Gasteiger charge is -2.25. The van der Waals surface area contributed by atoms with Crippen LogP contribution in [-0.4, -0.2) is 4.57 Å². The van der Waals surface area contributed by atoms with E-state index in [4.69, 9.17) is 4.74 Å². The standard InChI is InChI=1S/C42H28N2O/c1-4-13-29(14-5-1)31-27-37-36-20-12-19-35(41(36)44-38-21-10-11-22-39(38)45-40(28-31)42(37)44)30-23-25-34(26-24-30)43(32-15-6-2-7-16-32)33-17-8-3-9-18-33/h1-28H. The quantitative estimate of drug-likeness (QED) is 0.203. The number of anilines is 3. The van der Waals surface area contributed by atoms with E-state index in [9.17, 15) is 0 Å². The van der Waals surface area contributed by atoms with Gasteiger partial charge in [0.15, 0.2) is 11.5 Å². The first kappa shape index (κ1) is 25.4. The van der Waals surface area contributed by atoms with Crippen molar-refractivity contribution in [1.82, 2.24) is 4.57 Å². The fourth-order valence-electron chi connectivity index (χ4n) is 6.74. The van der Waals surface area contributed by atoms with Gasteiger partial charge in [0.1, 0.15) is 0 Å². The summed E-state index contributed by atoms with van der Waals surface area (Å²) >= 11 is 0. The minimum Gasteiger partial charge on any atom is -0.453 e. The lowest BCUT2D eigenvalue weighted by atomic mass is 9.99. The summed E-state index contributed by atoms with van der Waals surface area (Å²) in [6.45, 7) is 0. The van der Waals surface area contributed by atoms with Crippen LogP contribution in [0.3, 0.4) is 0 Å². The van der Waals surface area contributed by atoms with Crippen LogP contribution in [0.4, 0.5) is 17.1 Å². The average Bonchev–Trinajstić information content (AvgIpc) is 3.46. The number of nitrogens with zero attached hydrogens (tertiary/aromatic N) is 2. The lowest BCUT2D eigenvalue weighted by Crippen LogP contribution is -2.09. The highest BCUT2D eigenvalue weighted by molar-refractivity contribution is 6.17. The van der Waals surface area contributed by atoms with Crippen LogP contribution in [0.1, 0.15) is 0 Å². The first-order valence-corrected chi connectivity index (χ1v) is 15.3. The molecule has 0 N–H and O–H groups in total. The highest BCUT2D eigenvalue weighted by atomic mass is 16.5. The molecule has 0 aliphatic carbocycles. The molecule has 0 radical (unpaired) electrons. The van der Waals surface area contributed by atoms with Crippen molar-refractivity contribution in [3.05, 3.63) is 170 Å². The summed E-state index contributed by atoms with van der Waals surface area (Å²) in [5, 5.41) is 2.40. The van der Waals surface area contributed by atoms with Gasteiger partial charge in [-0.25, -0.2) is 0 Å². The molecule has 1 aromatic heterocycles. The fraction of sp³-hybridized carbons (Fsp3) is 0. The van der Waals surface area contributed by atoms with Crippen LogP contribution >= 0.6 is 0 Å². The molecule has 212 valence electrons. The minimum atomic E-state index is 0.862. The first-order chi connectivity index (χ1) is 22.3. The van der Waals surface area contributed by atoms with Crippen molar-refractivity contribution in [3.8, 4) is 39.4 Å². The van der Waals surface area contributed by atoms with E-state index in [-0.39, 0.29) is 0 Å². The van der Waals surface area contributed by atoms with Crippen LogP contribution < -0.4 is 9.64 Å². The molecule has 0 amide bonds. The monoisotopic (exact) mass is 576 g/mol. The van der Waals surface area contributed by atoms with Gasteiger partial charge in [-0.2, -0.15) is 0 Å². The molecule has 2 heterocycles. The molecule has 0 fully saturated rings. The summed E-state index contributed by atoms with van der Waals surface area (Å²) in [5.41, 5.74) is 11.4. The van der Waals surface area contributed by atoms with Crippen LogP contribution in [0.5, 0.6) is 11.5 Å². The van der Waals surface area contributed by atoms with Crippen molar-refractivity contribution < 1.29 is 4.74 Å². The molecule has 0 bridgehead atoms. The largest absolute Gasteiger partial charge is 0.453 e. The van der Waals surface area contributed by atoms with E-state index in [1.807, 2.05) is 6.07 Å². The highest BCUT2D eigenvalue weighted by Gasteiger charge is 2.26. The van der Waals surface area contributed by atoms with Gasteiger partial charge >= 0.3 is 0 Å². The maximum Gasteiger partial charge on any atom is 0.152 e. The molecule has 1 aliphatic rings. The van der Waals surface area contributed by atoms with Crippen LogP contribution in [0.2, 0.25) is 0 Å². The van der Waals surface area contributed by atoms with Gasteiger partial charge in [-0.05, 0) is 77.4 Å². The number of fused-ring (bicyclic) bond motifs is 5. The summed E-state index contributed by atoms with van der Waals surface area (Å²) in [5.74, 6) is 1.74. The van der Waals surface area contributed by atoms with Crippen LogP contribution in [0.15, 0.2) is 170 Å². The number of hydrogen-bond donors (Lipinski definition) is 0. The van der Waals surface area contributed by atoms with Crippen molar-refractivity contribution in [2.75, 3.05) is 4.90 Å². The summed E-state index contributed by atoms with van der Waals surface area (Å²) in [6.07, 6.45) is 0. The Morgan fingerprint density at radius 2 is 1.02 bits per heavy atom. The Balaban J connectivity index is 1.25. The van der Waals surface area contributed by atoms with Gasteiger partial charge in [0.2, 0.25) is 0 Å². The molecule has 8 aromatic rings. The van der Waals surface area contributed by atoms with Crippen molar-refractivity contribution in [2.24, 2.45) is 0 Å². The minimum absolute atomic E-state index is 0.862. The maximum atomic E-state index is 6.59. The van der Waals surface area contributed by atoms with Crippen LogP contribution in [0.25, 0.3) is 49.7 Å². The first-order valence-electron chi connectivity index (χ1n) is 15.3. The van der Waals surface area contributed by atoms with Gasteiger partial charge in [-0.15, -0.1) is 0 Å². The van der Waals surface area contributed by atoms with E-state index in [0.29, 0.717) is 0 Å². The fourth-order valence-corrected chi connectivity index (χ4v) is 6.74. The Kier molecular flexibility index (Phi) is 5.82. The molecule has 0 saturated heterocycles. The lowest BCUT2D eigenvalue weighted by molar-refractivity contribution is 0.476. The number of rotatable bonds is 5. The molecule has 3 heteroatoms. The predicted octanol–water partition coefficient (Wildman–Crippen LogP) is 11.7. The number of benzene rings is 7. The summed E-state index contributed by atoms with van der Waals surface area (Å²) in [7, 11) is 0. The molecule has 7 aromatic carbocycles. The molecule has 0 saturated carbocycles. The van der Waals surface area contributed by atoms with Crippen molar-refractivity contribution in [1.29, 1.82) is 0 Å². The molecule has 9 rings (SSSR count). The molecule has 1 aliphatic heterocycles. The molecule has 0 spiro atoms.